The van der Waals surface area contributed by atoms with Gasteiger partial charge in [0.1, 0.15) is 0 Å². The minimum atomic E-state index is -0.175. The number of unbranched alkanes of at least 4 members (excludes halogenated alkanes) is 1. The third-order valence-corrected chi connectivity index (χ3v) is 2.52. The number of imidazole rings is 1. The highest BCUT2D eigenvalue weighted by atomic mass is 16.1. The lowest BCUT2D eigenvalue weighted by atomic mass is 10.3. The summed E-state index contributed by atoms with van der Waals surface area (Å²) >= 11 is 0. The summed E-state index contributed by atoms with van der Waals surface area (Å²) in [5.41, 5.74) is 0.354. The van der Waals surface area contributed by atoms with E-state index in [0.717, 1.165) is 19.4 Å². The lowest BCUT2D eigenvalue weighted by Crippen LogP contribution is -2.25. The maximum atomic E-state index is 11.6. The van der Waals surface area contributed by atoms with E-state index in [0.29, 0.717) is 12.2 Å². The second-order valence-electron chi connectivity index (χ2n) is 4.04. The molecule has 0 aliphatic rings. The standard InChI is InChI=1S/C11H16N6O/c1-16-8-10(14-15-16)11(18)13-4-2-3-6-17-7-5-12-9-17/h5,7-9H,2-4,6H2,1H3,(H,13,18). The zero-order chi connectivity index (χ0) is 12.8. The van der Waals surface area contributed by atoms with Gasteiger partial charge in [-0.15, -0.1) is 5.10 Å². The van der Waals surface area contributed by atoms with E-state index in [9.17, 15) is 4.79 Å². The van der Waals surface area contributed by atoms with Gasteiger partial charge in [0.25, 0.3) is 5.91 Å². The van der Waals surface area contributed by atoms with E-state index in [2.05, 4.69) is 20.6 Å². The highest BCUT2D eigenvalue weighted by molar-refractivity contribution is 5.91. The average molecular weight is 248 g/mol. The van der Waals surface area contributed by atoms with Crippen molar-refractivity contribution in [3.05, 3.63) is 30.6 Å². The zero-order valence-electron chi connectivity index (χ0n) is 10.3. The van der Waals surface area contributed by atoms with Crippen LogP contribution in [0.2, 0.25) is 0 Å². The quantitative estimate of drug-likeness (QED) is 0.742. The summed E-state index contributed by atoms with van der Waals surface area (Å²) in [5.74, 6) is -0.175. The number of rotatable bonds is 6. The molecule has 1 amide bonds. The summed E-state index contributed by atoms with van der Waals surface area (Å²) < 4.78 is 3.53. The third-order valence-electron chi connectivity index (χ3n) is 2.52. The molecule has 0 spiro atoms. The molecule has 0 aliphatic carbocycles. The van der Waals surface area contributed by atoms with Crippen LogP contribution in [-0.4, -0.2) is 37.0 Å². The van der Waals surface area contributed by atoms with E-state index >= 15 is 0 Å². The van der Waals surface area contributed by atoms with Crippen molar-refractivity contribution >= 4 is 5.91 Å². The van der Waals surface area contributed by atoms with Crippen molar-refractivity contribution in [1.82, 2.24) is 29.9 Å². The molecule has 0 radical (unpaired) electrons. The van der Waals surface area contributed by atoms with Crippen LogP contribution >= 0.6 is 0 Å². The second-order valence-corrected chi connectivity index (χ2v) is 4.04. The van der Waals surface area contributed by atoms with E-state index in [1.54, 1.807) is 25.8 Å². The monoisotopic (exact) mass is 248 g/mol. The first-order valence-electron chi connectivity index (χ1n) is 5.86. The molecule has 0 saturated carbocycles. The fourth-order valence-electron chi connectivity index (χ4n) is 1.58. The van der Waals surface area contributed by atoms with Gasteiger partial charge >= 0.3 is 0 Å². The third kappa shape index (κ3) is 3.41. The van der Waals surface area contributed by atoms with Crippen molar-refractivity contribution in [3.8, 4) is 0 Å². The second kappa shape index (κ2) is 5.95. The molecule has 18 heavy (non-hydrogen) atoms. The number of nitrogens with zero attached hydrogens (tertiary/aromatic N) is 5. The highest BCUT2D eigenvalue weighted by Gasteiger charge is 2.08. The Labute approximate surface area is 105 Å². The molecular formula is C11H16N6O. The molecule has 7 heteroatoms. The lowest BCUT2D eigenvalue weighted by molar-refractivity contribution is 0.0948. The lowest BCUT2D eigenvalue weighted by Gasteiger charge is -2.03. The van der Waals surface area contributed by atoms with Crippen LogP contribution in [0.5, 0.6) is 0 Å². The molecule has 0 aromatic carbocycles. The molecule has 0 aliphatic heterocycles. The van der Waals surface area contributed by atoms with Gasteiger partial charge in [-0.05, 0) is 12.8 Å². The fourth-order valence-corrected chi connectivity index (χ4v) is 1.58. The molecular weight excluding hydrogens is 232 g/mol. The van der Waals surface area contributed by atoms with Crippen LogP contribution in [0.25, 0.3) is 0 Å². The molecule has 2 aromatic rings. The molecule has 2 aromatic heterocycles. The molecule has 2 rings (SSSR count). The van der Waals surface area contributed by atoms with Crippen molar-refractivity contribution < 1.29 is 4.79 Å². The summed E-state index contributed by atoms with van der Waals surface area (Å²) in [4.78, 5) is 15.6. The molecule has 0 saturated heterocycles. The summed E-state index contributed by atoms with van der Waals surface area (Å²) in [5, 5.41) is 10.3. The topological polar surface area (TPSA) is 77.6 Å². The number of carbonyl (C=O) groups excluding carboxylic acids is 1. The van der Waals surface area contributed by atoms with E-state index in [1.165, 1.54) is 4.68 Å². The number of aromatic nitrogens is 5. The van der Waals surface area contributed by atoms with Gasteiger partial charge < -0.3 is 9.88 Å². The summed E-state index contributed by atoms with van der Waals surface area (Å²) in [6.45, 7) is 1.56. The number of carbonyl (C=O) groups is 1. The first kappa shape index (κ1) is 12.3. The highest BCUT2D eigenvalue weighted by Crippen LogP contribution is 1.95. The molecule has 0 bridgehead atoms. The number of nitrogens with one attached hydrogen (secondary N) is 1. The smallest absolute Gasteiger partial charge is 0.273 e. The van der Waals surface area contributed by atoms with Gasteiger partial charge in [0.2, 0.25) is 0 Å². The number of amides is 1. The van der Waals surface area contributed by atoms with Crippen LogP contribution in [-0.2, 0) is 13.6 Å². The zero-order valence-corrected chi connectivity index (χ0v) is 10.3. The van der Waals surface area contributed by atoms with Gasteiger partial charge in [0.15, 0.2) is 5.69 Å². The minimum absolute atomic E-state index is 0.175. The van der Waals surface area contributed by atoms with Crippen LogP contribution in [0.1, 0.15) is 23.3 Å². The summed E-state index contributed by atoms with van der Waals surface area (Å²) in [7, 11) is 1.73. The number of aryl methyl sites for hydroxylation is 2. The maximum Gasteiger partial charge on any atom is 0.273 e. The average Bonchev–Trinajstić information content (AvgIpc) is 2.99. The van der Waals surface area contributed by atoms with E-state index in [-0.39, 0.29) is 5.91 Å². The molecule has 96 valence electrons. The van der Waals surface area contributed by atoms with Crippen molar-refractivity contribution in [2.75, 3.05) is 6.54 Å². The van der Waals surface area contributed by atoms with E-state index in [1.807, 2.05) is 10.8 Å². The normalized spacial score (nSPS) is 10.5. The molecule has 0 fully saturated rings. The van der Waals surface area contributed by atoms with Crippen LogP contribution in [0.4, 0.5) is 0 Å². The summed E-state index contributed by atoms with van der Waals surface area (Å²) in [6.07, 6.45) is 8.99. The molecule has 7 nitrogen and oxygen atoms in total. The first-order valence-corrected chi connectivity index (χ1v) is 5.86. The Morgan fingerprint density at radius 3 is 3.00 bits per heavy atom. The Kier molecular flexibility index (Phi) is 4.06. The predicted octanol–water partition coefficient (Wildman–Crippen LogP) is 0.222. The van der Waals surface area contributed by atoms with Crippen LogP contribution in [0, 0.1) is 0 Å². The fraction of sp³-hybridized carbons (Fsp3) is 0.455. The Bertz CT molecular complexity index is 489. The van der Waals surface area contributed by atoms with Crippen LogP contribution in [0.3, 0.4) is 0 Å². The van der Waals surface area contributed by atoms with Gasteiger partial charge in [-0.25, -0.2) is 4.98 Å². The molecule has 0 atom stereocenters. The SMILES string of the molecule is Cn1cc(C(=O)NCCCCn2ccnc2)nn1. The van der Waals surface area contributed by atoms with Crippen molar-refractivity contribution in [3.63, 3.8) is 0 Å². The maximum absolute atomic E-state index is 11.6. The van der Waals surface area contributed by atoms with Gasteiger partial charge in [-0.2, -0.15) is 0 Å². The van der Waals surface area contributed by atoms with Crippen LogP contribution in [0.15, 0.2) is 24.9 Å². The van der Waals surface area contributed by atoms with Crippen molar-refractivity contribution in [2.24, 2.45) is 7.05 Å². The van der Waals surface area contributed by atoms with Gasteiger partial charge in [-0.3, -0.25) is 9.48 Å². The molecule has 1 N–H and O–H groups in total. The number of hydrogen-bond acceptors (Lipinski definition) is 4. The van der Waals surface area contributed by atoms with E-state index < -0.39 is 0 Å². The molecule has 0 unspecified atom stereocenters. The first-order chi connectivity index (χ1) is 8.75. The minimum Gasteiger partial charge on any atom is -0.351 e. The van der Waals surface area contributed by atoms with Crippen molar-refractivity contribution in [2.45, 2.75) is 19.4 Å². The summed E-state index contributed by atoms with van der Waals surface area (Å²) in [6, 6.07) is 0. The van der Waals surface area contributed by atoms with Crippen molar-refractivity contribution in [1.29, 1.82) is 0 Å². The largest absolute Gasteiger partial charge is 0.351 e. The molecule has 2 heterocycles. The van der Waals surface area contributed by atoms with Gasteiger partial charge in [-0.1, -0.05) is 5.21 Å². The van der Waals surface area contributed by atoms with E-state index in [4.69, 9.17) is 0 Å². The van der Waals surface area contributed by atoms with Gasteiger partial charge in [0.05, 0.1) is 12.5 Å². The van der Waals surface area contributed by atoms with Gasteiger partial charge in [0, 0.05) is 32.5 Å². The predicted molar refractivity (Wildman–Crippen MR) is 64.8 cm³/mol. The van der Waals surface area contributed by atoms with Crippen LogP contribution < -0.4 is 5.32 Å². The Morgan fingerprint density at radius 1 is 1.44 bits per heavy atom. The Balaban J connectivity index is 1.62. The Hall–Kier alpha value is -2.18. The Morgan fingerprint density at radius 2 is 2.33 bits per heavy atom. The number of hydrogen-bond donors (Lipinski definition) is 1.